The third-order valence-electron chi connectivity index (χ3n) is 4.68. The number of aromatic nitrogens is 2. The first-order valence-corrected chi connectivity index (χ1v) is 9.74. The van der Waals surface area contributed by atoms with E-state index in [1.807, 2.05) is 67.2 Å². The van der Waals surface area contributed by atoms with Crippen LogP contribution < -0.4 is 10.6 Å². The molecule has 6 heteroatoms. The quantitative estimate of drug-likeness (QED) is 0.618. The molecule has 2 atom stereocenters. The fourth-order valence-corrected chi connectivity index (χ4v) is 3.23. The minimum atomic E-state index is -0.362. The van der Waals surface area contributed by atoms with E-state index in [1.54, 1.807) is 6.20 Å². The minimum Gasteiger partial charge on any atom is -0.336 e. The van der Waals surface area contributed by atoms with Gasteiger partial charge in [-0.15, -0.1) is 0 Å². The van der Waals surface area contributed by atoms with Crippen LogP contribution in [0.3, 0.4) is 0 Å². The summed E-state index contributed by atoms with van der Waals surface area (Å²) in [4.78, 5) is 17.0. The number of urea groups is 1. The number of amides is 2. The van der Waals surface area contributed by atoms with Gasteiger partial charge in [-0.2, -0.15) is 0 Å². The van der Waals surface area contributed by atoms with E-state index in [0.29, 0.717) is 5.02 Å². The van der Waals surface area contributed by atoms with Crippen LogP contribution in [0, 0.1) is 0 Å². The summed E-state index contributed by atoms with van der Waals surface area (Å²) in [6, 6.07) is 17.2. The summed E-state index contributed by atoms with van der Waals surface area (Å²) in [5, 5.41) is 6.73. The zero-order valence-corrected chi connectivity index (χ0v) is 16.9. The van der Waals surface area contributed by atoms with Crippen LogP contribution in [0.2, 0.25) is 5.02 Å². The number of nitrogens with zero attached hydrogens (tertiary/aromatic N) is 2. The molecule has 2 N–H and O–H groups in total. The van der Waals surface area contributed by atoms with Crippen molar-refractivity contribution in [1.82, 2.24) is 20.2 Å². The van der Waals surface area contributed by atoms with Gasteiger partial charge in [-0.05, 0) is 43.0 Å². The standard InChI is InChI=1S/C22H25ClN4O/c1-16(8-9-17-6-4-3-5-7-17)25-22(28)26-20(21-24-14-15-27(21)2)18-10-12-19(23)13-11-18/h3-7,10-16,20H,8-9H2,1-2H3,(H2,25,26,28)/t16-,20+/m0/s1. The zero-order chi connectivity index (χ0) is 19.9. The Morgan fingerprint density at radius 3 is 2.46 bits per heavy atom. The third-order valence-corrected chi connectivity index (χ3v) is 4.93. The van der Waals surface area contributed by atoms with Gasteiger partial charge in [0.1, 0.15) is 11.9 Å². The second-order valence-corrected chi connectivity index (χ2v) is 7.36. The van der Waals surface area contributed by atoms with E-state index < -0.39 is 0 Å². The first-order valence-electron chi connectivity index (χ1n) is 9.36. The van der Waals surface area contributed by atoms with Crippen LogP contribution in [0.15, 0.2) is 67.0 Å². The molecule has 3 aromatic rings. The average Bonchev–Trinajstić information content (AvgIpc) is 3.12. The smallest absolute Gasteiger partial charge is 0.315 e. The van der Waals surface area contributed by atoms with E-state index in [-0.39, 0.29) is 18.1 Å². The number of carbonyl (C=O) groups is 1. The number of benzene rings is 2. The highest BCUT2D eigenvalue weighted by Crippen LogP contribution is 2.22. The topological polar surface area (TPSA) is 59.0 Å². The van der Waals surface area contributed by atoms with Gasteiger partial charge in [-0.3, -0.25) is 0 Å². The molecule has 0 bridgehead atoms. The van der Waals surface area contributed by atoms with Crippen molar-refractivity contribution in [3.8, 4) is 0 Å². The molecule has 0 fully saturated rings. The molecule has 28 heavy (non-hydrogen) atoms. The fourth-order valence-electron chi connectivity index (χ4n) is 3.10. The fraction of sp³-hybridized carbons (Fsp3) is 0.273. The van der Waals surface area contributed by atoms with Gasteiger partial charge in [-0.1, -0.05) is 54.1 Å². The number of halogens is 1. The first kappa shape index (κ1) is 20.0. The van der Waals surface area contributed by atoms with Crippen LogP contribution in [0.1, 0.15) is 36.3 Å². The van der Waals surface area contributed by atoms with Crippen molar-refractivity contribution in [2.24, 2.45) is 7.05 Å². The molecule has 0 spiro atoms. The monoisotopic (exact) mass is 396 g/mol. The van der Waals surface area contributed by atoms with Crippen LogP contribution in [-0.2, 0) is 13.5 Å². The highest BCUT2D eigenvalue weighted by molar-refractivity contribution is 6.30. The van der Waals surface area contributed by atoms with Crippen molar-refractivity contribution in [3.63, 3.8) is 0 Å². The SMILES string of the molecule is C[C@@H](CCc1ccccc1)NC(=O)N[C@H](c1ccc(Cl)cc1)c1nccn1C. The summed E-state index contributed by atoms with van der Waals surface area (Å²) in [7, 11) is 1.91. The van der Waals surface area contributed by atoms with Gasteiger partial charge in [0.05, 0.1) is 0 Å². The van der Waals surface area contributed by atoms with E-state index in [1.165, 1.54) is 5.56 Å². The number of imidazole rings is 1. The van der Waals surface area contributed by atoms with E-state index in [0.717, 1.165) is 24.2 Å². The van der Waals surface area contributed by atoms with Crippen molar-refractivity contribution in [3.05, 3.63) is 89.0 Å². The minimum absolute atomic E-state index is 0.0486. The van der Waals surface area contributed by atoms with Gasteiger partial charge in [0.2, 0.25) is 0 Å². The Morgan fingerprint density at radius 2 is 1.82 bits per heavy atom. The molecule has 1 aromatic heterocycles. The third kappa shape index (κ3) is 5.36. The molecule has 0 saturated carbocycles. The van der Waals surface area contributed by atoms with Gasteiger partial charge < -0.3 is 15.2 Å². The van der Waals surface area contributed by atoms with Gasteiger partial charge in [0, 0.05) is 30.5 Å². The van der Waals surface area contributed by atoms with E-state index in [9.17, 15) is 4.79 Å². The largest absolute Gasteiger partial charge is 0.336 e. The first-order chi connectivity index (χ1) is 13.5. The molecule has 5 nitrogen and oxygen atoms in total. The highest BCUT2D eigenvalue weighted by atomic mass is 35.5. The van der Waals surface area contributed by atoms with Crippen molar-refractivity contribution in [2.45, 2.75) is 31.8 Å². The number of hydrogen-bond acceptors (Lipinski definition) is 2. The summed E-state index contributed by atoms with van der Waals surface area (Å²) < 4.78 is 1.90. The van der Waals surface area contributed by atoms with Crippen molar-refractivity contribution < 1.29 is 4.79 Å². The number of nitrogens with one attached hydrogen (secondary N) is 2. The molecule has 3 rings (SSSR count). The van der Waals surface area contributed by atoms with Crippen LogP contribution in [0.5, 0.6) is 0 Å². The Hall–Kier alpha value is -2.79. The lowest BCUT2D eigenvalue weighted by atomic mass is 10.1. The zero-order valence-electron chi connectivity index (χ0n) is 16.1. The molecule has 0 saturated heterocycles. The molecule has 0 aliphatic rings. The molecule has 0 radical (unpaired) electrons. The Labute approximate surface area is 170 Å². The van der Waals surface area contributed by atoms with E-state index in [4.69, 9.17) is 11.6 Å². The molecule has 2 amide bonds. The summed E-state index contributed by atoms with van der Waals surface area (Å²) >= 11 is 6.01. The molecule has 0 aliphatic heterocycles. The van der Waals surface area contributed by atoms with Crippen LogP contribution >= 0.6 is 11.6 Å². The van der Waals surface area contributed by atoms with Crippen LogP contribution in [-0.4, -0.2) is 21.6 Å². The van der Waals surface area contributed by atoms with Gasteiger partial charge in [-0.25, -0.2) is 9.78 Å². The molecule has 2 aromatic carbocycles. The number of carbonyl (C=O) groups excluding carboxylic acids is 1. The van der Waals surface area contributed by atoms with Crippen molar-refractivity contribution in [2.75, 3.05) is 0 Å². The number of hydrogen-bond donors (Lipinski definition) is 2. The van der Waals surface area contributed by atoms with Crippen LogP contribution in [0.25, 0.3) is 0 Å². The number of aryl methyl sites for hydroxylation is 2. The lowest BCUT2D eigenvalue weighted by Crippen LogP contribution is -2.43. The summed E-state index contributed by atoms with van der Waals surface area (Å²) in [5.74, 6) is 0.759. The predicted molar refractivity (Wildman–Crippen MR) is 112 cm³/mol. The van der Waals surface area contributed by atoms with Crippen molar-refractivity contribution >= 4 is 17.6 Å². The molecular weight excluding hydrogens is 372 g/mol. The van der Waals surface area contributed by atoms with Crippen LogP contribution in [0.4, 0.5) is 4.79 Å². The highest BCUT2D eigenvalue weighted by Gasteiger charge is 2.21. The summed E-state index contributed by atoms with van der Waals surface area (Å²) in [5.41, 5.74) is 2.19. The second-order valence-electron chi connectivity index (χ2n) is 6.92. The molecular formula is C22H25ClN4O. The van der Waals surface area contributed by atoms with Gasteiger partial charge in [0.15, 0.2) is 0 Å². The Morgan fingerprint density at radius 1 is 1.11 bits per heavy atom. The Balaban J connectivity index is 1.64. The average molecular weight is 397 g/mol. The second kappa shape index (κ2) is 9.42. The lowest BCUT2D eigenvalue weighted by molar-refractivity contribution is 0.234. The Bertz CT molecular complexity index is 892. The van der Waals surface area contributed by atoms with Gasteiger partial charge >= 0.3 is 6.03 Å². The van der Waals surface area contributed by atoms with Crippen molar-refractivity contribution in [1.29, 1.82) is 0 Å². The maximum absolute atomic E-state index is 12.6. The van der Waals surface area contributed by atoms with Gasteiger partial charge in [0.25, 0.3) is 0 Å². The maximum Gasteiger partial charge on any atom is 0.315 e. The molecule has 0 aliphatic carbocycles. The number of rotatable bonds is 7. The van der Waals surface area contributed by atoms with E-state index >= 15 is 0 Å². The lowest BCUT2D eigenvalue weighted by Gasteiger charge is -2.21. The molecule has 1 heterocycles. The summed E-state index contributed by atoms with van der Waals surface area (Å²) in [6.07, 6.45) is 5.37. The maximum atomic E-state index is 12.6. The molecule has 146 valence electrons. The molecule has 0 unspecified atom stereocenters. The normalized spacial score (nSPS) is 13.0. The Kier molecular flexibility index (Phi) is 6.71. The predicted octanol–water partition coefficient (Wildman–Crippen LogP) is 4.48. The van der Waals surface area contributed by atoms with E-state index in [2.05, 4.69) is 27.8 Å². The summed E-state index contributed by atoms with van der Waals surface area (Å²) in [6.45, 7) is 2.01.